The fourth-order valence-electron chi connectivity index (χ4n) is 3.33. The van der Waals surface area contributed by atoms with Crippen LogP contribution in [0, 0.1) is 0 Å². The number of para-hydroxylation sites is 1. The number of esters is 1. The van der Waals surface area contributed by atoms with Gasteiger partial charge in [0.1, 0.15) is 0 Å². The zero-order valence-electron chi connectivity index (χ0n) is 16.2. The van der Waals surface area contributed by atoms with Crippen LogP contribution in [-0.4, -0.2) is 27.2 Å². The number of nitrogens with zero attached hydrogens (tertiary/aromatic N) is 1. The molecule has 0 saturated carbocycles. The van der Waals surface area contributed by atoms with Crippen molar-refractivity contribution in [3.05, 3.63) is 79.0 Å². The van der Waals surface area contributed by atoms with Crippen LogP contribution in [-0.2, 0) is 16.1 Å². The maximum atomic E-state index is 12.9. The van der Waals surface area contributed by atoms with Crippen molar-refractivity contribution in [3.8, 4) is 5.75 Å². The summed E-state index contributed by atoms with van der Waals surface area (Å²) in [4.78, 5) is 24.4. The van der Waals surface area contributed by atoms with Crippen LogP contribution in [0.1, 0.15) is 24.8 Å². The van der Waals surface area contributed by atoms with Crippen LogP contribution in [0.2, 0.25) is 0 Å². The number of rotatable bonds is 8. The van der Waals surface area contributed by atoms with Gasteiger partial charge in [-0.05, 0) is 24.1 Å². The van der Waals surface area contributed by atoms with Gasteiger partial charge in [0.2, 0.25) is 0 Å². The standard InChI is InChI=1S/C23H24N2O4/c1-3-17(16-10-6-5-7-11-16)21(26)29-20-14-25(15-23(24,4-2)22(27)28)19-13-9-8-12-18(19)20/h4-14,17H,2-3,15,24H2,1H3,(H,27,28). The van der Waals surface area contributed by atoms with E-state index in [9.17, 15) is 14.7 Å². The molecule has 0 aliphatic heterocycles. The Morgan fingerprint density at radius 1 is 1.21 bits per heavy atom. The number of carboxylic acids is 1. The van der Waals surface area contributed by atoms with Crippen LogP contribution in [0.4, 0.5) is 0 Å². The third-order valence-corrected chi connectivity index (χ3v) is 5.05. The first-order chi connectivity index (χ1) is 13.9. The molecule has 3 aromatic rings. The molecule has 2 atom stereocenters. The zero-order valence-corrected chi connectivity index (χ0v) is 16.2. The average Bonchev–Trinajstić information content (AvgIpc) is 3.06. The van der Waals surface area contributed by atoms with Gasteiger partial charge < -0.3 is 20.1 Å². The molecule has 0 aliphatic carbocycles. The molecule has 1 heterocycles. The fraction of sp³-hybridized carbons (Fsp3) is 0.217. The lowest BCUT2D eigenvalue weighted by Crippen LogP contribution is -2.49. The number of aromatic nitrogens is 1. The molecular formula is C23H24N2O4. The van der Waals surface area contributed by atoms with Crippen LogP contribution in [0.25, 0.3) is 10.9 Å². The summed E-state index contributed by atoms with van der Waals surface area (Å²) in [6, 6.07) is 16.8. The van der Waals surface area contributed by atoms with Crippen LogP contribution in [0.3, 0.4) is 0 Å². The molecule has 0 amide bonds. The van der Waals surface area contributed by atoms with E-state index < -0.39 is 11.5 Å². The van der Waals surface area contributed by atoms with Crippen LogP contribution >= 0.6 is 0 Å². The summed E-state index contributed by atoms with van der Waals surface area (Å²) in [5.41, 5.74) is 5.95. The van der Waals surface area contributed by atoms with Crippen LogP contribution < -0.4 is 10.5 Å². The van der Waals surface area contributed by atoms with E-state index in [4.69, 9.17) is 10.5 Å². The summed E-state index contributed by atoms with van der Waals surface area (Å²) in [6.07, 6.45) is 3.43. The van der Waals surface area contributed by atoms with Gasteiger partial charge in [0.15, 0.2) is 11.3 Å². The minimum absolute atomic E-state index is 0.0419. The Morgan fingerprint density at radius 2 is 1.86 bits per heavy atom. The number of hydrogen-bond acceptors (Lipinski definition) is 4. The van der Waals surface area contributed by atoms with Gasteiger partial charge >= 0.3 is 11.9 Å². The maximum absolute atomic E-state index is 12.9. The first kappa shape index (κ1) is 20.4. The monoisotopic (exact) mass is 392 g/mol. The third kappa shape index (κ3) is 4.07. The molecule has 1 aromatic heterocycles. The molecule has 3 N–H and O–H groups in total. The molecule has 150 valence electrons. The van der Waals surface area contributed by atoms with Gasteiger partial charge in [-0.3, -0.25) is 4.79 Å². The summed E-state index contributed by atoms with van der Waals surface area (Å²) in [7, 11) is 0. The van der Waals surface area contributed by atoms with Gasteiger partial charge in [0.25, 0.3) is 0 Å². The predicted octanol–water partition coefficient (Wildman–Crippen LogP) is 3.71. The highest BCUT2D eigenvalue weighted by Crippen LogP contribution is 2.31. The van der Waals surface area contributed by atoms with E-state index in [1.54, 1.807) is 10.8 Å². The first-order valence-electron chi connectivity index (χ1n) is 9.40. The topological polar surface area (TPSA) is 94.5 Å². The van der Waals surface area contributed by atoms with Crippen molar-refractivity contribution >= 4 is 22.8 Å². The van der Waals surface area contributed by atoms with E-state index in [-0.39, 0.29) is 18.4 Å². The van der Waals surface area contributed by atoms with Gasteiger partial charge in [-0.25, -0.2) is 4.79 Å². The van der Waals surface area contributed by atoms with Crippen molar-refractivity contribution in [3.63, 3.8) is 0 Å². The lowest BCUT2D eigenvalue weighted by atomic mass is 9.97. The highest BCUT2D eigenvalue weighted by Gasteiger charge is 2.32. The Balaban J connectivity index is 1.95. The van der Waals surface area contributed by atoms with Crippen LogP contribution in [0.5, 0.6) is 5.75 Å². The molecule has 6 nitrogen and oxygen atoms in total. The number of ether oxygens (including phenoxy) is 1. The molecule has 0 bridgehead atoms. The Morgan fingerprint density at radius 3 is 2.48 bits per heavy atom. The number of hydrogen-bond donors (Lipinski definition) is 2. The van der Waals surface area contributed by atoms with Gasteiger partial charge in [-0.2, -0.15) is 0 Å². The lowest BCUT2D eigenvalue weighted by molar-refractivity contribution is -0.142. The van der Waals surface area contributed by atoms with Crippen molar-refractivity contribution in [1.29, 1.82) is 0 Å². The zero-order chi connectivity index (χ0) is 21.0. The summed E-state index contributed by atoms with van der Waals surface area (Å²) < 4.78 is 7.43. The molecule has 2 aromatic carbocycles. The van der Waals surface area contributed by atoms with E-state index in [1.807, 2.05) is 61.5 Å². The van der Waals surface area contributed by atoms with E-state index >= 15 is 0 Å². The Labute approximate surface area is 169 Å². The van der Waals surface area contributed by atoms with E-state index in [2.05, 4.69) is 6.58 Å². The molecule has 2 unspecified atom stereocenters. The molecule has 3 rings (SSSR count). The minimum Gasteiger partial charge on any atom is -0.480 e. The van der Waals surface area contributed by atoms with Gasteiger partial charge in [-0.15, -0.1) is 6.58 Å². The first-order valence-corrected chi connectivity index (χ1v) is 9.40. The van der Waals surface area contributed by atoms with Gasteiger partial charge in [0.05, 0.1) is 18.0 Å². The van der Waals surface area contributed by atoms with E-state index in [0.29, 0.717) is 17.6 Å². The van der Waals surface area contributed by atoms with Crippen molar-refractivity contribution in [2.45, 2.75) is 31.3 Å². The number of carbonyl (C=O) groups is 2. The quantitative estimate of drug-likeness (QED) is 0.450. The maximum Gasteiger partial charge on any atom is 0.329 e. The number of carboxylic acid groups (broad SMARTS) is 1. The normalized spacial score (nSPS) is 14.1. The van der Waals surface area contributed by atoms with Crippen LogP contribution in [0.15, 0.2) is 73.4 Å². The number of nitrogens with two attached hydrogens (primary N) is 1. The second kappa shape index (κ2) is 8.32. The molecule has 29 heavy (non-hydrogen) atoms. The summed E-state index contributed by atoms with van der Waals surface area (Å²) in [5.74, 6) is -1.56. The number of fused-ring (bicyclic) bond motifs is 1. The summed E-state index contributed by atoms with van der Waals surface area (Å²) in [6.45, 7) is 5.44. The van der Waals surface area contributed by atoms with E-state index in [0.717, 1.165) is 11.1 Å². The summed E-state index contributed by atoms with van der Waals surface area (Å²) in [5, 5.41) is 10.2. The SMILES string of the molecule is C=CC(N)(Cn1cc(OC(=O)C(CC)c2ccccc2)c2ccccc21)C(=O)O. The summed E-state index contributed by atoms with van der Waals surface area (Å²) >= 11 is 0. The Bertz CT molecular complexity index is 1040. The predicted molar refractivity (Wildman–Crippen MR) is 112 cm³/mol. The highest BCUT2D eigenvalue weighted by atomic mass is 16.5. The Hall–Kier alpha value is -3.38. The fourth-order valence-corrected chi connectivity index (χ4v) is 3.33. The molecule has 6 heteroatoms. The smallest absolute Gasteiger partial charge is 0.329 e. The molecule has 0 spiro atoms. The molecular weight excluding hydrogens is 368 g/mol. The molecule has 0 saturated heterocycles. The highest BCUT2D eigenvalue weighted by molar-refractivity contribution is 5.91. The largest absolute Gasteiger partial charge is 0.480 e. The second-order valence-electron chi connectivity index (χ2n) is 6.98. The van der Waals surface area contributed by atoms with Crippen molar-refractivity contribution in [1.82, 2.24) is 4.57 Å². The molecule has 0 aliphatic rings. The Kier molecular flexibility index (Phi) is 5.84. The van der Waals surface area contributed by atoms with Crippen molar-refractivity contribution in [2.24, 2.45) is 5.73 Å². The minimum atomic E-state index is -1.64. The van der Waals surface area contributed by atoms with Crippen molar-refractivity contribution < 1.29 is 19.4 Å². The lowest BCUT2D eigenvalue weighted by Gasteiger charge is -2.21. The van der Waals surface area contributed by atoms with Gasteiger partial charge in [0, 0.05) is 11.6 Å². The van der Waals surface area contributed by atoms with E-state index in [1.165, 1.54) is 6.08 Å². The molecule has 0 fully saturated rings. The van der Waals surface area contributed by atoms with Gasteiger partial charge in [-0.1, -0.05) is 55.5 Å². The number of aliphatic carboxylic acids is 1. The third-order valence-electron chi connectivity index (χ3n) is 5.05. The number of carbonyl (C=O) groups excluding carboxylic acids is 1. The number of benzene rings is 2. The average molecular weight is 392 g/mol. The van der Waals surface area contributed by atoms with Crippen molar-refractivity contribution in [2.75, 3.05) is 0 Å². The molecule has 0 radical (unpaired) electrons. The second-order valence-corrected chi connectivity index (χ2v) is 6.98.